The number of rotatable bonds is 9. The summed E-state index contributed by atoms with van der Waals surface area (Å²) in [7, 11) is -3.70. The van der Waals surface area contributed by atoms with Crippen LogP contribution in [0.1, 0.15) is 51.0 Å². The maximum absolute atomic E-state index is 11.4. The van der Waals surface area contributed by atoms with E-state index in [2.05, 4.69) is 15.6 Å². The van der Waals surface area contributed by atoms with Crippen molar-refractivity contribution in [2.75, 3.05) is 19.7 Å². The van der Waals surface area contributed by atoms with Gasteiger partial charge in [-0.15, -0.1) is 0 Å². The fourth-order valence-corrected chi connectivity index (χ4v) is 3.68. The Morgan fingerprint density at radius 1 is 1.26 bits per heavy atom. The third-order valence-corrected chi connectivity index (χ3v) is 5.42. The zero-order valence-corrected chi connectivity index (χ0v) is 16.9. The zero-order valence-electron chi connectivity index (χ0n) is 16.1. The molecular weight excluding hydrogens is 364 g/mol. The number of nitrogens with two attached hydrogens (primary N) is 1. The van der Waals surface area contributed by atoms with Crippen LogP contribution in [0.2, 0.25) is 0 Å². The standard InChI is InChI=1S/C19H32N4O3S/c1-2-21-19(22-12-7-13-26-17-9-4-3-5-10-17)23-15-16-8-6-11-18(14-16)27(20,24)25/h6,8,11,14,17H,2-5,7,9-10,12-13,15H2,1H3,(H2,20,24,25)(H2,21,22,23). The lowest BCUT2D eigenvalue weighted by Crippen LogP contribution is -2.38. The van der Waals surface area contributed by atoms with Gasteiger partial charge in [0.1, 0.15) is 0 Å². The third-order valence-electron chi connectivity index (χ3n) is 4.51. The molecule has 1 aromatic rings. The molecule has 8 heteroatoms. The minimum Gasteiger partial charge on any atom is -0.378 e. The van der Waals surface area contributed by atoms with Crippen LogP contribution in [-0.2, 0) is 21.3 Å². The fourth-order valence-electron chi connectivity index (χ4n) is 3.09. The molecule has 1 fully saturated rings. The minimum atomic E-state index is -3.70. The average Bonchev–Trinajstić information content (AvgIpc) is 2.66. The van der Waals surface area contributed by atoms with Gasteiger partial charge in [0.2, 0.25) is 10.0 Å². The van der Waals surface area contributed by atoms with Crippen molar-refractivity contribution in [3.8, 4) is 0 Å². The quantitative estimate of drug-likeness (QED) is 0.337. The smallest absolute Gasteiger partial charge is 0.238 e. The third kappa shape index (κ3) is 8.28. The summed E-state index contributed by atoms with van der Waals surface area (Å²) in [4.78, 5) is 4.62. The largest absolute Gasteiger partial charge is 0.378 e. The number of ether oxygens (including phenoxy) is 1. The van der Waals surface area contributed by atoms with E-state index in [1.807, 2.05) is 13.0 Å². The maximum atomic E-state index is 11.4. The van der Waals surface area contributed by atoms with Crippen molar-refractivity contribution in [2.45, 2.75) is 63.0 Å². The summed E-state index contributed by atoms with van der Waals surface area (Å²) < 4.78 is 28.8. The monoisotopic (exact) mass is 396 g/mol. The van der Waals surface area contributed by atoms with E-state index in [9.17, 15) is 8.42 Å². The first-order valence-corrected chi connectivity index (χ1v) is 11.3. The molecule has 4 N–H and O–H groups in total. The van der Waals surface area contributed by atoms with Gasteiger partial charge in [-0.05, 0) is 43.9 Å². The fraction of sp³-hybridized carbons (Fsp3) is 0.632. The second-order valence-electron chi connectivity index (χ2n) is 6.80. The van der Waals surface area contributed by atoms with Gasteiger partial charge in [0.25, 0.3) is 0 Å². The van der Waals surface area contributed by atoms with Crippen LogP contribution in [0.25, 0.3) is 0 Å². The summed E-state index contributed by atoms with van der Waals surface area (Å²) in [5.41, 5.74) is 0.791. The van der Waals surface area contributed by atoms with E-state index in [4.69, 9.17) is 9.88 Å². The van der Waals surface area contributed by atoms with E-state index in [0.717, 1.165) is 31.7 Å². The lowest BCUT2D eigenvalue weighted by molar-refractivity contribution is 0.0277. The van der Waals surface area contributed by atoms with Gasteiger partial charge in [-0.25, -0.2) is 18.5 Å². The van der Waals surface area contributed by atoms with Crippen LogP contribution >= 0.6 is 0 Å². The van der Waals surface area contributed by atoms with Crippen molar-refractivity contribution >= 4 is 16.0 Å². The highest BCUT2D eigenvalue weighted by Crippen LogP contribution is 2.20. The predicted molar refractivity (Wildman–Crippen MR) is 108 cm³/mol. The first-order valence-electron chi connectivity index (χ1n) is 9.74. The second kappa shape index (κ2) is 11.3. The van der Waals surface area contributed by atoms with E-state index in [0.29, 0.717) is 18.6 Å². The summed E-state index contributed by atoms with van der Waals surface area (Å²) in [6.07, 6.45) is 7.64. The summed E-state index contributed by atoms with van der Waals surface area (Å²) in [6.45, 7) is 4.66. The Labute approximate surface area is 162 Å². The van der Waals surface area contributed by atoms with E-state index in [1.165, 1.54) is 38.2 Å². The number of aliphatic imine (C=N–C) groups is 1. The molecule has 1 saturated carbocycles. The topological polar surface area (TPSA) is 106 Å². The molecule has 27 heavy (non-hydrogen) atoms. The van der Waals surface area contributed by atoms with Gasteiger partial charge >= 0.3 is 0 Å². The van der Waals surface area contributed by atoms with Gasteiger partial charge in [-0.1, -0.05) is 31.4 Å². The molecule has 0 unspecified atom stereocenters. The highest BCUT2D eigenvalue weighted by Gasteiger charge is 2.13. The van der Waals surface area contributed by atoms with E-state index >= 15 is 0 Å². The van der Waals surface area contributed by atoms with E-state index in [-0.39, 0.29) is 4.90 Å². The van der Waals surface area contributed by atoms with E-state index < -0.39 is 10.0 Å². The molecule has 0 saturated heterocycles. The molecular formula is C19H32N4O3S. The van der Waals surface area contributed by atoms with Gasteiger partial charge < -0.3 is 15.4 Å². The molecule has 0 spiro atoms. The van der Waals surface area contributed by atoms with Gasteiger partial charge in [0, 0.05) is 19.7 Å². The molecule has 0 amide bonds. The Hall–Kier alpha value is -1.64. The number of benzene rings is 1. The van der Waals surface area contributed by atoms with Gasteiger partial charge in [-0.3, -0.25) is 0 Å². The molecule has 152 valence electrons. The van der Waals surface area contributed by atoms with E-state index in [1.54, 1.807) is 12.1 Å². The Morgan fingerprint density at radius 3 is 2.74 bits per heavy atom. The first-order chi connectivity index (χ1) is 13.0. The lowest BCUT2D eigenvalue weighted by atomic mass is 9.98. The molecule has 1 aromatic carbocycles. The van der Waals surface area contributed by atoms with Crippen molar-refractivity contribution in [1.82, 2.24) is 10.6 Å². The Balaban J connectivity index is 1.78. The van der Waals surface area contributed by atoms with Crippen LogP contribution in [0.15, 0.2) is 34.2 Å². The molecule has 1 aliphatic carbocycles. The van der Waals surface area contributed by atoms with Crippen LogP contribution in [0.3, 0.4) is 0 Å². The highest BCUT2D eigenvalue weighted by molar-refractivity contribution is 7.89. The molecule has 0 atom stereocenters. The Morgan fingerprint density at radius 2 is 2.04 bits per heavy atom. The molecule has 0 radical (unpaired) electrons. The number of nitrogens with one attached hydrogen (secondary N) is 2. The highest BCUT2D eigenvalue weighted by atomic mass is 32.2. The number of nitrogens with zero attached hydrogens (tertiary/aromatic N) is 1. The van der Waals surface area contributed by atoms with Crippen molar-refractivity contribution in [1.29, 1.82) is 0 Å². The molecule has 0 heterocycles. The second-order valence-corrected chi connectivity index (χ2v) is 8.36. The summed E-state index contributed by atoms with van der Waals surface area (Å²) >= 11 is 0. The Bertz CT molecular complexity index is 701. The predicted octanol–water partition coefficient (Wildman–Crippen LogP) is 2.13. The van der Waals surface area contributed by atoms with Crippen molar-refractivity contribution in [3.05, 3.63) is 29.8 Å². The van der Waals surface area contributed by atoms with Crippen molar-refractivity contribution in [3.63, 3.8) is 0 Å². The first kappa shape index (κ1) is 21.7. The maximum Gasteiger partial charge on any atom is 0.238 e. The van der Waals surface area contributed by atoms with Crippen LogP contribution < -0.4 is 15.8 Å². The van der Waals surface area contributed by atoms with Gasteiger partial charge in [-0.2, -0.15) is 0 Å². The van der Waals surface area contributed by atoms with Gasteiger partial charge in [0.15, 0.2) is 5.96 Å². The molecule has 0 aromatic heterocycles. The molecule has 2 rings (SSSR count). The van der Waals surface area contributed by atoms with Crippen LogP contribution in [0, 0.1) is 0 Å². The molecule has 1 aliphatic rings. The summed E-state index contributed by atoms with van der Waals surface area (Å²) in [6, 6.07) is 6.55. The number of sulfonamides is 1. The Kier molecular flexibility index (Phi) is 9.03. The number of hydrogen-bond donors (Lipinski definition) is 3. The average molecular weight is 397 g/mol. The summed E-state index contributed by atoms with van der Waals surface area (Å²) in [5.74, 6) is 0.705. The summed E-state index contributed by atoms with van der Waals surface area (Å²) in [5, 5.41) is 11.7. The normalized spacial score (nSPS) is 16.3. The minimum absolute atomic E-state index is 0.105. The van der Waals surface area contributed by atoms with Crippen molar-refractivity contribution < 1.29 is 13.2 Å². The lowest BCUT2D eigenvalue weighted by Gasteiger charge is -2.22. The SMILES string of the molecule is CCNC(=NCc1cccc(S(N)(=O)=O)c1)NCCCOC1CCCCC1. The van der Waals surface area contributed by atoms with Crippen molar-refractivity contribution in [2.24, 2.45) is 10.1 Å². The number of guanidine groups is 1. The molecule has 0 aliphatic heterocycles. The van der Waals surface area contributed by atoms with Crippen LogP contribution in [0.5, 0.6) is 0 Å². The zero-order chi connectivity index (χ0) is 19.5. The van der Waals surface area contributed by atoms with Crippen LogP contribution in [0.4, 0.5) is 0 Å². The number of primary sulfonamides is 1. The molecule has 0 bridgehead atoms. The number of hydrogen-bond acceptors (Lipinski definition) is 4. The van der Waals surface area contributed by atoms with Gasteiger partial charge in [0.05, 0.1) is 17.5 Å². The van der Waals surface area contributed by atoms with Crippen LogP contribution in [-0.4, -0.2) is 40.2 Å². The molecule has 7 nitrogen and oxygen atoms in total.